The van der Waals surface area contributed by atoms with Gasteiger partial charge in [-0.25, -0.2) is 0 Å². The summed E-state index contributed by atoms with van der Waals surface area (Å²) >= 11 is 0. The third-order valence-electron chi connectivity index (χ3n) is 4.32. The van der Waals surface area contributed by atoms with Crippen LogP contribution < -0.4 is 10.1 Å². The summed E-state index contributed by atoms with van der Waals surface area (Å²) in [4.78, 5) is 16.6. The standard InChI is InChI=1S/C22H22N2O2/c1-26-20-11-9-19(10-12-20)21(18-7-3-2-4-8-18)14-22(25)24-16-17-6-5-13-23-15-17/h2-13,15,21H,14,16H2,1H3,(H,24,25)/t21-/m1/s1. The van der Waals surface area contributed by atoms with E-state index in [2.05, 4.69) is 22.4 Å². The van der Waals surface area contributed by atoms with Crippen molar-refractivity contribution in [2.45, 2.75) is 18.9 Å². The Bertz CT molecular complexity index is 818. The van der Waals surface area contributed by atoms with E-state index < -0.39 is 0 Å². The fourth-order valence-electron chi connectivity index (χ4n) is 2.91. The minimum absolute atomic E-state index is 0.00370. The zero-order chi connectivity index (χ0) is 18.2. The predicted molar refractivity (Wildman–Crippen MR) is 102 cm³/mol. The van der Waals surface area contributed by atoms with E-state index in [-0.39, 0.29) is 11.8 Å². The molecule has 0 bridgehead atoms. The van der Waals surface area contributed by atoms with Gasteiger partial charge in [0.1, 0.15) is 5.75 Å². The van der Waals surface area contributed by atoms with Crippen LogP contribution in [0.3, 0.4) is 0 Å². The Kier molecular flexibility index (Phi) is 5.99. The first-order valence-corrected chi connectivity index (χ1v) is 8.61. The first kappa shape index (κ1) is 17.7. The fraction of sp³-hybridized carbons (Fsp3) is 0.182. The SMILES string of the molecule is COc1ccc([C@H](CC(=O)NCc2cccnc2)c2ccccc2)cc1. The van der Waals surface area contributed by atoms with E-state index in [9.17, 15) is 4.79 Å². The largest absolute Gasteiger partial charge is 0.497 e. The Labute approximate surface area is 153 Å². The number of aromatic nitrogens is 1. The van der Waals surface area contributed by atoms with Crippen LogP contribution in [0.4, 0.5) is 0 Å². The number of nitrogens with one attached hydrogen (secondary N) is 1. The van der Waals surface area contributed by atoms with Crippen LogP contribution in [-0.4, -0.2) is 18.0 Å². The molecule has 0 aliphatic heterocycles. The lowest BCUT2D eigenvalue weighted by molar-refractivity contribution is -0.121. The third-order valence-corrected chi connectivity index (χ3v) is 4.32. The molecule has 4 heteroatoms. The highest BCUT2D eigenvalue weighted by atomic mass is 16.5. The molecule has 26 heavy (non-hydrogen) atoms. The monoisotopic (exact) mass is 346 g/mol. The lowest BCUT2D eigenvalue weighted by atomic mass is 9.88. The second-order valence-electron chi connectivity index (χ2n) is 6.08. The summed E-state index contributed by atoms with van der Waals surface area (Å²) in [5.41, 5.74) is 3.20. The molecular formula is C22H22N2O2. The van der Waals surface area contributed by atoms with Gasteiger partial charge in [0.15, 0.2) is 0 Å². The number of methoxy groups -OCH3 is 1. The molecule has 3 rings (SSSR count). The second kappa shape index (κ2) is 8.81. The van der Waals surface area contributed by atoms with Crippen molar-refractivity contribution in [3.05, 3.63) is 95.8 Å². The van der Waals surface area contributed by atoms with Gasteiger partial charge in [0.05, 0.1) is 7.11 Å². The number of nitrogens with zero attached hydrogens (tertiary/aromatic N) is 1. The van der Waals surface area contributed by atoms with E-state index in [1.165, 1.54) is 0 Å². The van der Waals surface area contributed by atoms with Crippen LogP contribution in [0.25, 0.3) is 0 Å². The zero-order valence-electron chi connectivity index (χ0n) is 14.8. The summed E-state index contributed by atoms with van der Waals surface area (Å²) in [6.07, 6.45) is 3.87. The topological polar surface area (TPSA) is 51.2 Å². The molecule has 1 aromatic heterocycles. The molecule has 0 unspecified atom stereocenters. The summed E-state index contributed by atoms with van der Waals surface area (Å²) in [6, 6.07) is 21.8. The molecule has 0 spiro atoms. The lowest BCUT2D eigenvalue weighted by Crippen LogP contribution is -2.25. The summed E-state index contributed by atoms with van der Waals surface area (Å²) in [5, 5.41) is 2.99. The van der Waals surface area contributed by atoms with E-state index in [4.69, 9.17) is 4.74 Å². The van der Waals surface area contributed by atoms with E-state index in [1.54, 1.807) is 19.5 Å². The van der Waals surface area contributed by atoms with Crippen molar-refractivity contribution in [3.8, 4) is 5.75 Å². The Morgan fingerprint density at radius 2 is 1.73 bits per heavy atom. The normalized spacial score (nSPS) is 11.6. The second-order valence-corrected chi connectivity index (χ2v) is 6.08. The highest BCUT2D eigenvalue weighted by Crippen LogP contribution is 2.29. The van der Waals surface area contributed by atoms with Crippen molar-refractivity contribution >= 4 is 5.91 Å². The number of benzene rings is 2. The van der Waals surface area contributed by atoms with Crippen molar-refractivity contribution in [1.29, 1.82) is 0 Å². The van der Waals surface area contributed by atoms with Crippen molar-refractivity contribution in [3.63, 3.8) is 0 Å². The predicted octanol–water partition coefficient (Wildman–Crippen LogP) is 3.93. The Morgan fingerprint density at radius 1 is 1.00 bits per heavy atom. The third kappa shape index (κ3) is 4.70. The quantitative estimate of drug-likeness (QED) is 0.705. The highest BCUT2D eigenvalue weighted by molar-refractivity contribution is 5.77. The highest BCUT2D eigenvalue weighted by Gasteiger charge is 2.18. The molecule has 0 fully saturated rings. The van der Waals surface area contributed by atoms with Crippen LogP contribution >= 0.6 is 0 Å². The van der Waals surface area contributed by atoms with Gasteiger partial charge in [-0.05, 0) is 34.9 Å². The van der Waals surface area contributed by atoms with Gasteiger partial charge in [-0.1, -0.05) is 48.5 Å². The molecule has 4 nitrogen and oxygen atoms in total. The molecule has 1 atom stereocenters. The molecule has 2 aromatic carbocycles. The van der Waals surface area contributed by atoms with Gasteiger partial charge in [0.25, 0.3) is 0 Å². The minimum atomic E-state index is -0.00370. The van der Waals surface area contributed by atoms with E-state index in [1.807, 2.05) is 54.6 Å². The van der Waals surface area contributed by atoms with Crippen molar-refractivity contribution in [1.82, 2.24) is 10.3 Å². The fourth-order valence-corrected chi connectivity index (χ4v) is 2.91. The van der Waals surface area contributed by atoms with Crippen LogP contribution in [0.2, 0.25) is 0 Å². The molecule has 0 radical (unpaired) electrons. The molecule has 0 saturated carbocycles. The van der Waals surface area contributed by atoms with Crippen molar-refractivity contribution in [2.75, 3.05) is 7.11 Å². The van der Waals surface area contributed by atoms with Crippen molar-refractivity contribution in [2.24, 2.45) is 0 Å². The van der Waals surface area contributed by atoms with Crippen LogP contribution in [0, 0.1) is 0 Å². The molecule has 0 aliphatic rings. The first-order valence-electron chi connectivity index (χ1n) is 8.61. The van der Waals surface area contributed by atoms with Crippen LogP contribution in [0.5, 0.6) is 5.75 Å². The average Bonchev–Trinajstić information content (AvgIpc) is 2.72. The molecular weight excluding hydrogens is 324 g/mol. The van der Waals surface area contributed by atoms with Crippen molar-refractivity contribution < 1.29 is 9.53 Å². The maximum Gasteiger partial charge on any atom is 0.221 e. The van der Waals surface area contributed by atoms with Crippen LogP contribution in [0.1, 0.15) is 29.0 Å². The molecule has 0 aliphatic carbocycles. The lowest BCUT2D eigenvalue weighted by Gasteiger charge is -2.18. The number of hydrogen-bond donors (Lipinski definition) is 1. The molecule has 132 valence electrons. The first-order chi connectivity index (χ1) is 12.8. The van der Waals surface area contributed by atoms with Crippen LogP contribution in [0.15, 0.2) is 79.1 Å². The van der Waals surface area contributed by atoms with Crippen LogP contribution in [-0.2, 0) is 11.3 Å². The Balaban J connectivity index is 1.74. The summed E-state index contributed by atoms with van der Waals surface area (Å²) in [6.45, 7) is 0.483. The number of rotatable bonds is 7. The smallest absolute Gasteiger partial charge is 0.221 e. The zero-order valence-corrected chi connectivity index (χ0v) is 14.8. The number of ether oxygens (including phenoxy) is 1. The number of carbonyl (C=O) groups is 1. The summed E-state index contributed by atoms with van der Waals surface area (Å²) in [7, 11) is 1.65. The number of amides is 1. The molecule has 1 amide bonds. The summed E-state index contributed by atoms with van der Waals surface area (Å²) < 4.78 is 5.24. The number of hydrogen-bond acceptors (Lipinski definition) is 3. The minimum Gasteiger partial charge on any atom is -0.497 e. The van der Waals surface area contributed by atoms with Gasteiger partial charge in [0, 0.05) is 31.3 Å². The number of carbonyl (C=O) groups excluding carboxylic acids is 1. The molecule has 1 heterocycles. The number of pyridine rings is 1. The molecule has 0 saturated heterocycles. The van der Waals surface area contributed by atoms with Gasteiger partial charge < -0.3 is 10.1 Å². The maximum absolute atomic E-state index is 12.5. The average molecular weight is 346 g/mol. The van der Waals surface area contributed by atoms with E-state index >= 15 is 0 Å². The molecule has 1 N–H and O–H groups in total. The van der Waals surface area contributed by atoms with Gasteiger partial charge in [-0.2, -0.15) is 0 Å². The van der Waals surface area contributed by atoms with Gasteiger partial charge >= 0.3 is 0 Å². The summed E-state index contributed by atoms with van der Waals surface area (Å²) in [5.74, 6) is 0.816. The maximum atomic E-state index is 12.5. The van der Waals surface area contributed by atoms with Gasteiger partial charge in [-0.15, -0.1) is 0 Å². The molecule has 3 aromatic rings. The Hall–Kier alpha value is -3.14. The Morgan fingerprint density at radius 3 is 2.38 bits per heavy atom. The van der Waals surface area contributed by atoms with Gasteiger partial charge in [-0.3, -0.25) is 9.78 Å². The van der Waals surface area contributed by atoms with Gasteiger partial charge in [0.2, 0.25) is 5.91 Å². The van der Waals surface area contributed by atoms with E-state index in [0.717, 1.165) is 22.4 Å². The van der Waals surface area contributed by atoms with E-state index in [0.29, 0.717) is 13.0 Å².